The molecule has 0 N–H and O–H groups in total. The van der Waals surface area contributed by atoms with E-state index in [2.05, 4.69) is 6.92 Å². The summed E-state index contributed by atoms with van der Waals surface area (Å²) in [7, 11) is 0. The summed E-state index contributed by atoms with van der Waals surface area (Å²) < 4.78 is 0. The Morgan fingerprint density at radius 2 is 1.75 bits per heavy atom. The van der Waals surface area contributed by atoms with E-state index in [4.69, 9.17) is 0 Å². The van der Waals surface area contributed by atoms with Crippen LogP contribution in [0.3, 0.4) is 0 Å². The third kappa shape index (κ3) is 2.87. The van der Waals surface area contributed by atoms with Crippen molar-refractivity contribution in [3.63, 3.8) is 0 Å². The summed E-state index contributed by atoms with van der Waals surface area (Å²) in [5.41, 5.74) is 0. The van der Waals surface area contributed by atoms with E-state index in [9.17, 15) is 4.79 Å². The minimum Gasteiger partial charge on any atom is -0.303 e. The maximum Gasteiger partial charge on any atom is 0.123 e. The number of carbonyl (C=O) groups is 1. The molecule has 0 bridgehead atoms. The van der Waals surface area contributed by atoms with Crippen molar-refractivity contribution in [2.24, 2.45) is 23.7 Å². The van der Waals surface area contributed by atoms with Gasteiger partial charge in [0.25, 0.3) is 0 Å². The van der Waals surface area contributed by atoms with Gasteiger partial charge < -0.3 is 4.79 Å². The molecule has 0 amide bonds. The van der Waals surface area contributed by atoms with Crippen molar-refractivity contribution in [2.75, 3.05) is 0 Å². The highest BCUT2D eigenvalue weighted by Crippen LogP contribution is 2.41. The molecule has 2 aliphatic carbocycles. The number of rotatable bonds is 3. The second-order valence-corrected chi connectivity index (χ2v) is 6.01. The van der Waals surface area contributed by atoms with Crippen molar-refractivity contribution in [3.8, 4) is 0 Å². The molecule has 0 aromatic rings. The van der Waals surface area contributed by atoms with Gasteiger partial charge in [-0.3, -0.25) is 0 Å². The maximum atomic E-state index is 10.9. The lowest BCUT2D eigenvalue weighted by Crippen LogP contribution is -2.26. The van der Waals surface area contributed by atoms with Crippen molar-refractivity contribution in [1.82, 2.24) is 0 Å². The summed E-state index contributed by atoms with van der Waals surface area (Å²) in [4.78, 5) is 10.9. The zero-order valence-electron chi connectivity index (χ0n) is 10.7. The summed E-state index contributed by atoms with van der Waals surface area (Å²) in [6.07, 6.45) is 13.4. The third-order valence-corrected chi connectivity index (χ3v) is 5.08. The topological polar surface area (TPSA) is 17.1 Å². The first-order chi connectivity index (χ1) is 7.83. The van der Waals surface area contributed by atoms with Gasteiger partial charge in [0.2, 0.25) is 0 Å². The van der Waals surface area contributed by atoms with Gasteiger partial charge in [-0.25, -0.2) is 0 Å². The monoisotopic (exact) mass is 222 g/mol. The van der Waals surface area contributed by atoms with Gasteiger partial charge >= 0.3 is 0 Å². The minimum atomic E-state index is 0.391. The zero-order chi connectivity index (χ0) is 11.4. The van der Waals surface area contributed by atoms with E-state index in [1.165, 1.54) is 57.7 Å². The molecule has 0 spiro atoms. The zero-order valence-corrected chi connectivity index (χ0v) is 10.7. The van der Waals surface area contributed by atoms with Crippen LogP contribution in [-0.4, -0.2) is 6.29 Å². The highest BCUT2D eigenvalue weighted by Gasteiger charge is 2.30. The molecule has 0 aromatic carbocycles. The molecule has 1 nitrogen and oxygen atoms in total. The van der Waals surface area contributed by atoms with E-state index in [0.29, 0.717) is 5.92 Å². The van der Waals surface area contributed by atoms with Crippen LogP contribution in [0.5, 0.6) is 0 Å². The summed E-state index contributed by atoms with van der Waals surface area (Å²) in [5, 5.41) is 0. The lowest BCUT2D eigenvalue weighted by molar-refractivity contribution is -0.112. The van der Waals surface area contributed by atoms with Crippen molar-refractivity contribution in [1.29, 1.82) is 0 Å². The van der Waals surface area contributed by atoms with Crippen molar-refractivity contribution in [3.05, 3.63) is 0 Å². The molecule has 1 heteroatoms. The van der Waals surface area contributed by atoms with Gasteiger partial charge in [0.15, 0.2) is 0 Å². The van der Waals surface area contributed by atoms with Crippen molar-refractivity contribution < 1.29 is 4.79 Å². The molecular formula is C15H26O. The number of carbonyl (C=O) groups excluding carboxylic acids is 1. The van der Waals surface area contributed by atoms with Crippen LogP contribution < -0.4 is 0 Å². The van der Waals surface area contributed by atoms with Crippen molar-refractivity contribution >= 4 is 6.29 Å². The van der Waals surface area contributed by atoms with E-state index in [1.807, 2.05) is 0 Å². The second-order valence-electron chi connectivity index (χ2n) is 6.01. The first kappa shape index (κ1) is 12.1. The average Bonchev–Trinajstić information content (AvgIpc) is 2.39. The number of aldehydes is 1. The first-order valence-electron chi connectivity index (χ1n) is 7.28. The maximum absolute atomic E-state index is 10.9. The lowest BCUT2D eigenvalue weighted by Gasteiger charge is -2.37. The summed E-state index contributed by atoms with van der Waals surface area (Å²) in [6.45, 7) is 2.33. The van der Waals surface area contributed by atoms with Gasteiger partial charge in [-0.15, -0.1) is 0 Å². The number of hydrogen-bond acceptors (Lipinski definition) is 1. The van der Waals surface area contributed by atoms with Crippen LogP contribution in [-0.2, 0) is 4.79 Å². The Kier molecular flexibility index (Phi) is 4.43. The van der Waals surface area contributed by atoms with Crippen LogP contribution in [0.25, 0.3) is 0 Å². The molecule has 2 saturated carbocycles. The van der Waals surface area contributed by atoms with E-state index in [1.54, 1.807) is 0 Å². The molecule has 2 rings (SSSR count). The Morgan fingerprint density at radius 3 is 2.38 bits per heavy atom. The lowest BCUT2D eigenvalue weighted by atomic mass is 9.68. The fourth-order valence-corrected chi connectivity index (χ4v) is 3.89. The molecule has 0 aromatic heterocycles. The molecule has 0 aliphatic heterocycles. The van der Waals surface area contributed by atoms with E-state index < -0.39 is 0 Å². The van der Waals surface area contributed by atoms with Crippen LogP contribution in [0, 0.1) is 23.7 Å². The molecule has 2 fully saturated rings. The summed E-state index contributed by atoms with van der Waals surface area (Å²) in [5.74, 6) is 3.22. The molecule has 0 heterocycles. The normalized spacial score (nSPS) is 40.6. The summed E-state index contributed by atoms with van der Waals surface area (Å²) in [6, 6.07) is 0. The average molecular weight is 222 g/mol. The summed E-state index contributed by atoms with van der Waals surface area (Å²) >= 11 is 0. The standard InChI is InChI=1S/C15H26O/c1-2-12-6-8-14(9-7-12)15-5-3-4-13(10-15)11-16/h11-15H,2-10H2,1H3. The minimum absolute atomic E-state index is 0.391. The Hall–Kier alpha value is -0.330. The number of hydrogen-bond donors (Lipinski definition) is 0. The molecule has 2 atom stereocenters. The predicted octanol–water partition coefficient (Wildman–Crippen LogP) is 4.21. The molecule has 16 heavy (non-hydrogen) atoms. The molecule has 0 radical (unpaired) electrons. The quantitative estimate of drug-likeness (QED) is 0.654. The van der Waals surface area contributed by atoms with E-state index in [0.717, 1.165) is 24.2 Å². The Morgan fingerprint density at radius 1 is 1.00 bits per heavy atom. The third-order valence-electron chi connectivity index (χ3n) is 5.08. The highest BCUT2D eigenvalue weighted by atomic mass is 16.1. The van der Waals surface area contributed by atoms with Gasteiger partial charge in [-0.1, -0.05) is 39.0 Å². The smallest absolute Gasteiger partial charge is 0.123 e. The van der Waals surface area contributed by atoms with Gasteiger partial charge in [0, 0.05) is 5.92 Å². The predicted molar refractivity (Wildman–Crippen MR) is 67.3 cm³/mol. The molecule has 0 saturated heterocycles. The molecule has 2 unspecified atom stereocenters. The molecular weight excluding hydrogens is 196 g/mol. The first-order valence-corrected chi connectivity index (χ1v) is 7.28. The Balaban J connectivity index is 1.81. The van der Waals surface area contributed by atoms with Crippen LogP contribution in [0.2, 0.25) is 0 Å². The van der Waals surface area contributed by atoms with Crippen LogP contribution >= 0.6 is 0 Å². The Bertz CT molecular complexity index is 215. The second kappa shape index (κ2) is 5.84. The van der Waals surface area contributed by atoms with Crippen LogP contribution in [0.15, 0.2) is 0 Å². The van der Waals surface area contributed by atoms with Crippen LogP contribution in [0.4, 0.5) is 0 Å². The van der Waals surface area contributed by atoms with Gasteiger partial charge in [-0.05, 0) is 43.4 Å². The van der Waals surface area contributed by atoms with Crippen molar-refractivity contribution in [2.45, 2.75) is 64.7 Å². The fraction of sp³-hybridized carbons (Fsp3) is 0.933. The van der Waals surface area contributed by atoms with Gasteiger partial charge in [-0.2, -0.15) is 0 Å². The highest BCUT2D eigenvalue weighted by molar-refractivity contribution is 5.53. The van der Waals surface area contributed by atoms with E-state index in [-0.39, 0.29) is 0 Å². The van der Waals surface area contributed by atoms with Gasteiger partial charge in [0.1, 0.15) is 6.29 Å². The SMILES string of the molecule is CCC1CCC(C2CCCC(C=O)C2)CC1. The fourth-order valence-electron chi connectivity index (χ4n) is 3.89. The molecule has 2 aliphatic rings. The van der Waals surface area contributed by atoms with E-state index >= 15 is 0 Å². The molecule has 92 valence electrons. The van der Waals surface area contributed by atoms with Gasteiger partial charge in [0.05, 0.1) is 0 Å². The Labute approximate surface area is 100.0 Å². The van der Waals surface area contributed by atoms with Crippen LogP contribution in [0.1, 0.15) is 64.7 Å². The largest absolute Gasteiger partial charge is 0.303 e.